The van der Waals surface area contributed by atoms with Gasteiger partial charge in [0.25, 0.3) is 0 Å². The Bertz CT molecular complexity index is 510. The summed E-state index contributed by atoms with van der Waals surface area (Å²) in [6.07, 6.45) is 1.60. The number of carbonyl (C=O) groups excluding carboxylic acids is 2. The van der Waals surface area contributed by atoms with E-state index in [1.165, 1.54) is 13.0 Å². The molecular formula is C15H17F2NO2. The van der Waals surface area contributed by atoms with Gasteiger partial charge in [0.15, 0.2) is 0 Å². The number of hydrogen-bond donors (Lipinski definition) is 0. The molecule has 1 aromatic rings. The SMILES string of the molecule is CC(=O)CC1CCCN1C(=O)Cc1c(F)cccc1F. The lowest BCUT2D eigenvalue weighted by molar-refractivity contribution is -0.132. The van der Waals surface area contributed by atoms with Gasteiger partial charge in [-0.15, -0.1) is 0 Å². The number of Topliss-reactive ketones (excluding diaryl/α,β-unsaturated/α-hetero) is 1. The molecule has 1 heterocycles. The summed E-state index contributed by atoms with van der Waals surface area (Å²) < 4.78 is 27.1. The Balaban J connectivity index is 2.09. The van der Waals surface area contributed by atoms with Crippen LogP contribution < -0.4 is 0 Å². The molecule has 3 nitrogen and oxygen atoms in total. The third-order valence-corrected chi connectivity index (χ3v) is 3.61. The second-order valence-electron chi connectivity index (χ2n) is 5.17. The Morgan fingerprint density at radius 1 is 1.30 bits per heavy atom. The summed E-state index contributed by atoms with van der Waals surface area (Å²) in [6.45, 7) is 2.03. The number of rotatable bonds is 4. The van der Waals surface area contributed by atoms with Gasteiger partial charge in [-0.25, -0.2) is 8.78 Å². The van der Waals surface area contributed by atoms with Crippen LogP contribution in [0.3, 0.4) is 0 Å². The van der Waals surface area contributed by atoms with Gasteiger partial charge in [-0.2, -0.15) is 0 Å². The van der Waals surface area contributed by atoms with E-state index in [2.05, 4.69) is 0 Å². The Kier molecular flexibility index (Phi) is 4.47. The Morgan fingerprint density at radius 3 is 2.55 bits per heavy atom. The molecule has 1 aliphatic heterocycles. The predicted octanol–water partition coefficient (Wildman–Crippen LogP) is 2.48. The highest BCUT2D eigenvalue weighted by Gasteiger charge is 2.30. The number of ketones is 1. The molecule has 20 heavy (non-hydrogen) atoms. The van der Waals surface area contributed by atoms with Crippen LogP contribution in [0.5, 0.6) is 0 Å². The molecule has 0 bridgehead atoms. The Hall–Kier alpha value is -1.78. The molecule has 1 amide bonds. The molecule has 0 N–H and O–H groups in total. The molecule has 0 aromatic heterocycles. The van der Waals surface area contributed by atoms with Crippen LogP contribution in [0, 0.1) is 11.6 Å². The first-order valence-electron chi connectivity index (χ1n) is 6.71. The van der Waals surface area contributed by atoms with Gasteiger partial charge in [-0.1, -0.05) is 6.07 Å². The first-order chi connectivity index (χ1) is 9.49. The van der Waals surface area contributed by atoms with E-state index in [0.29, 0.717) is 13.0 Å². The molecule has 108 valence electrons. The van der Waals surface area contributed by atoms with E-state index in [0.717, 1.165) is 25.0 Å². The van der Waals surface area contributed by atoms with Crippen molar-refractivity contribution in [1.82, 2.24) is 4.90 Å². The third kappa shape index (κ3) is 3.21. The van der Waals surface area contributed by atoms with E-state index in [1.54, 1.807) is 4.90 Å². The first-order valence-corrected chi connectivity index (χ1v) is 6.71. The van der Waals surface area contributed by atoms with Crippen LogP contribution in [0.1, 0.15) is 31.7 Å². The van der Waals surface area contributed by atoms with Crippen molar-refractivity contribution in [3.05, 3.63) is 35.4 Å². The zero-order valence-corrected chi connectivity index (χ0v) is 11.4. The molecule has 1 fully saturated rings. The summed E-state index contributed by atoms with van der Waals surface area (Å²) in [5, 5.41) is 0. The normalized spacial score (nSPS) is 18.4. The van der Waals surface area contributed by atoms with Gasteiger partial charge >= 0.3 is 0 Å². The molecule has 0 saturated carbocycles. The van der Waals surface area contributed by atoms with Crippen LogP contribution in [0.2, 0.25) is 0 Å². The van der Waals surface area contributed by atoms with Crippen LogP contribution in [0.15, 0.2) is 18.2 Å². The maximum atomic E-state index is 13.5. The second-order valence-corrected chi connectivity index (χ2v) is 5.17. The van der Waals surface area contributed by atoms with Gasteiger partial charge in [0.1, 0.15) is 17.4 Å². The van der Waals surface area contributed by atoms with E-state index in [-0.39, 0.29) is 29.7 Å². The van der Waals surface area contributed by atoms with Crippen molar-refractivity contribution < 1.29 is 18.4 Å². The number of amides is 1. The molecule has 1 aliphatic rings. The summed E-state index contributed by atoms with van der Waals surface area (Å²) in [5.41, 5.74) is -0.203. The molecule has 1 atom stereocenters. The average Bonchev–Trinajstić information content (AvgIpc) is 2.81. The monoisotopic (exact) mass is 281 g/mol. The predicted molar refractivity (Wildman–Crippen MR) is 70.1 cm³/mol. The average molecular weight is 281 g/mol. The summed E-state index contributed by atoms with van der Waals surface area (Å²) in [7, 11) is 0. The highest BCUT2D eigenvalue weighted by Crippen LogP contribution is 2.22. The summed E-state index contributed by atoms with van der Waals surface area (Å²) >= 11 is 0. The van der Waals surface area contributed by atoms with Crippen LogP contribution in [-0.2, 0) is 16.0 Å². The Morgan fingerprint density at radius 2 is 1.95 bits per heavy atom. The van der Waals surface area contributed by atoms with Crippen LogP contribution >= 0.6 is 0 Å². The maximum Gasteiger partial charge on any atom is 0.227 e. The molecular weight excluding hydrogens is 264 g/mol. The fourth-order valence-electron chi connectivity index (χ4n) is 2.66. The minimum atomic E-state index is -0.708. The summed E-state index contributed by atoms with van der Waals surface area (Å²) in [4.78, 5) is 24.9. The van der Waals surface area contributed by atoms with Crippen molar-refractivity contribution in [1.29, 1.82) is 0 Å². The zero-order chi connectivity index (χ0) is 14.7. The van der Waals surface area contributed by atoms with Crippen LogP contribution in [0.4, 0.5) is 8.78 Å². The van der Waals surface area contributed by atoms with E-state index in [1.807, 2.05) is 0 Å². The molecule has 0 spiro atoms. The largest absolute Gasteiger partial charge is 0.339 e. The third-order valence-electron chi connectivity index (χ3n) is 3.61. The van der Waals surface area contributed by atoms with Crippen molar-refractivity contribution in [2.45, 2.75) is 38.6 Å². The number of carbonyl (C=O) groups is 2. The lowest BCUT2D eigenvalue weighted by atomic mass is 10.1. The number of hydrogen-bond acceptors (Lipinski definition) is 2. The standard InChI is InChI=1S/C15H17F2NO2/c1-10(19)8-11-4-3-7-18(11)15(20)9-12-13(16)5-2-6-14(12)17/h2,5-6,11H,3-4,7-9H2,1H3. The summed E-state index contributed by atoms with van der Waals surface area (Å²) in [6, 6.07) is 3.42. The van der Waals surface area contributed by atoms with Gasteiger partial charge in [0, 0.05) is 24.6 Å². The lowest BCUT2D eigenvalue weighted by Gasteiger charge is -2.24. The fraction of sp³-hybridized carbons (Fsp3) is 0.467. The Labute approximate surface area is 116 Å². The highest BCUT2D eigenvalue weighted by atomic mass is 19.1. The lowest BCUT2D eigenvalue weighted by Crippen LogP contribution is -2.37. The van der Waals surface area contributed by atoms with Gasteiger partial charge < -0.3 is 4.90 Å². The number of nitrogens with zero attached hydrogens (tertiary/aromatic N) is 1. The zero-order valence-electron chi connectivity index (χ0n) is 11.4. The van der Waals surface area contributed by atoms with E-state index >= 15 is 0 Å². The molecule has 0 radical (unpaired) electrons. The van der Waals surface area contributed by atoms with Crippen molar-refractivity contribution >= 4 is 11.7 Å². The van der Waals surface area contributed by atoms with Gasteiger partial charge in [0.2, 0.25) is 5.91 Å². The van der Waals surface area contributed by atoms with Crippen molar-refractivity contribution in [3.8, 4) is 0 Å². The summed E-state index contributed by atoms with van der Waals surface area (Å²) in [5.74, 6) is -1.72. The van der Waals surface area contributed by atoms with Crippen molar-refractivity contribution in [3.63, 3.8) is 0 Å². The highest BCUT2D eigenvalue weighted by molar-refractivity contribution is 5.81. The van der Waals surface area contributed by atoms with Gasteiger partial charge in [-0.3, -0.25) is 9.59 Å². The van der Waals surface area contributed by atoms with Crippen molar-refractivity contribution in [2.24, 2.45) is 0 Å². The molecule has 1 saturated heterocycles. The van der Waals surface area contributed by atoms with E-state index in [9.17, 15) is 18.4 Å². The number of halogens is 2. The molecule has 1 unspecified atom stereocenters. The smallest absolute Gasteiger partial charge is 0.227 e. The van der Waals surface area contributed by atoms with Gasteiger partial charge in [-0.05, 0) is 31.9 Å². The van der Waals surface area contributed by atoms with Gasteiger partial charge in [0.05, 0.1) is 6.42 Å². The number of likely N-dealkylation sites (tertiary alicyclic amines) is 1. The van der Waals surface area contributed by atoms with E-state index in [4.69, 9.17) is 0 Å². The second kappa shape index (κ2) is 6.11. The maximum absolute atomic E-state index is 13.5. The van der Waals surface area contributed by atoms with Crippen LogP contribution in [-0.4, -0.2) is 29.2 Å². The minimum Gasteiger partial charge on any atom is -0.339 e. The topological polar surface area (TPSA) is 37.4 Å². The van der Waals surface area contributed by atoms with Crippen molar-refractivity contribution in [2.75, 3.05) is 6.54 Å². The van der Waals surface area contributed by atoms with E-state index < -0.39 is 11.6 Å². The molecule has 0 aliphatic carbocycles. The molecule has 5 heteroatoms. The molecule has 2 rings (SSSR count). The molecule has 1 aromatic carbocycles. The quantitative estimate of drug-likeness (QED) is 0.850. The first kappa shape index (κ1) is 14.6. The minimum absolute atomic E-state index is 0.0202. The van der Waals surface area contributed by atoms with Crippen LogP contribution in [0.25, 0.3) is 0 Å². The number of benzene rings is 1. The fourth-order valence-corrected chi connectivity index (χ4v) is 2.66.